The first-order valence-electron chi connectivity index (χ1n) is 19.5. The standard InChI is InChI=1S/C48H47N5O.Pt/c1-46(2,3)30-32-13-12-14-35(25-32)51-31-52(41-20-17-33(26-43(41)51)47(4,5)6)44-29-37(22-24-49-44)54-36-18-19-39-38-15-10-11-16-40(38)53(42(39)28-36)45-27-34(21-23-50-45)48(7,8)9;/h10-27H,30H2,1-9H3;/q-2;/i30D2;. The van der Waals surface area contributed by atoms with Gasteiger partial charge in [-0.25, -0.2) is 4.98 Å². The first kappa shape index (κ1) is 35.6. The quantitative estimate of drug-likeness (QED) is 0.123. The number of hydrogen-bond donors (Lipinski definition) is 0. The van der Waals surface area contributed by atoms with Crippen molar-refractivity contribution in [1.82, 2.24) is 19.1 Å². The van der Waals surface area contributed by atoms with Crippen molar-refractivity contribution in [2.75, 3.05) is 0 Å². The van der Waals surface area contributed by atoms with Gasteiger partial charge in [0.2, 0.25) is 0 Å². The summed E-state index contributed by atoms with van der Waals surface area (Å²) in [5.74, 6) is 2.36. The Hall–Kier alpha value is -5.06. The minimum Gasteiger partial charge on any atom is -0.522 e. The van der Waals surface area contributed by atoms with E-state index in [9.17, 15) is 0 Å². The van der Waals surface area contributed by atoms with Crippen LogP contribution in [0.4, 0.5) is 0 Å². The molecular formula is C48H47N5OPt-2. The van der Waals surface area contributed by atoms with Crippen molar-refractivity contribution in [1.29, 1.82) is 0 Å². The molecule has 0 N–H and O–H groups in total. The van der Waals surface area contributed by atoms with Crippen molar-refractivity contribution in [2.45, 2.75) is 79.5 Å². The number of aromatic nitrogens is 5. The normalized spacial score (nSPS) is 13.2. The Morgan fingerprint density at radius 1 is 0.691 bits per heavy atom. The second-order valence-electron chi connectivity index (χ2n) is 17.1. The van der Waals surface area contributed by atoms with Crippen molar-refractivity contribution in [2.24, 2.45) is 5.41 Å². The average molecular weight is 907 g/mol. The average Bonchev–Trinajstić information content (AvgIpc) is 3.70. The van der Waals surface area contributed by atoms with E-state index in [2.05, 4.69) is 119 Å². The number of hydrogen-bond acceptors (Lipinski definition) is 3. The zero-order valence-electron chi connectivity index (χ0n) is 34.9. The van der Waals surface area contributed by atoms with E-state index < -0.39 is 11.8 Å². The summed E-state index contributed by atoms with van der Waals surface area (Å²) >= 11 is 0. The summed E-state index contributed by atoms with van der Waals surface area (Å²) in [6, 6.07) is 39.4. The van der Waals surface area contributed by atoms with Gasteiger partial charge >= 0.3 is 0 Å². The van der Waals surface area contributed by atoms with Crippen LogP contribution in [0.2, 0.25) is 0 Å². The van der Waals surface area contributed by atoms with E-state index in [0.717, 1.165) is 44.3 Å². The number of para-hydroxylation sites is 1. The molecule has 0 aliphatic heterocycles. The molecule has 0 spiro atoms. The molecule has 0 fully saturated rings. The fourth-order valence-corrected chi connectivity index (χ4v) is 6.91. The number of nitrogens with zero attached hydrogens (tertiary/aromatic N) is 5. The van der Waals surface area contributed by atoms with Gasteiger partial charge in [0.15, 0.2) is 0 Å². The molecule has 0 saturated carbocycles. The third-order valence-corrected chi connectivity index (χ3v) is 9.63. The van der Waals surface area contributed by atoms with Gasteiger partial charge < -0.3 is 9.30 Å². The Balaban J connectivity index is 0.00000496. The molecule has 7 heteroatoms. The van der Waals surface area contributed by atoms with Gasteiger partial charge in [0, 0.05) is 41.3 Å². The van der Waals surface area contributed by atoms with Crippen LogP contribution in [0.3, 0.4) is 0 Å². The molecule has 8 aromatic rings. The summed E-state index contributed by atoms with van der Waals surface area (Å²) in [7, 11) is 0. The Kier molecular flexibility index (Phi) is 9.21. The summed E-state index contributed by atoms with van der Waals surface area (Å²) in [6.45, 7) is 19.0. The van der Waals surface area contributed by atoms with Crippen LogP contribution in [0.5, 0.6) is 11.5 Å². The van der Waals surface area contributed by atoms with Gasteiger partial charge in [0.05, 0.1) is 22.5 Å². The van der Waals surface area contributed by atoms with E-state index >= 15 is 0 Å². The van der Waals surface area contributed by atoms with Gasteiger partial charge in [-0.05, 0) is 81.3 Å². The van der Waals surface area contributed by atoms with Gasteiger partial charge in [0.25, 0.3) is 6.33 Å². The van der Waals surface area contributed by atoms with Crippen LogP contribution in [0.25, 0.3) is 50.2 Å². The van der Waals surface area contributed by atoms with Crippen LogP contribution >= 0.6 is 0 Å². The first-order valence-corrected chi connectivity index (χ1v) is 18.5. The molecular weight excluding hydrogens is 858 g/mol. The molecule has 0 bridgehead atoms. The molecule has 0 amide bonds. The van der Waals surface area contributed by atoms with E-state index in [0.29, 0.717) is 22.9 Å². The third kappa shape index (κ3) is 7.62. The van der Waals surface area contributed by atoms with Crippen LogP contribution in [-0.2, 0) is 38.3 Å². The Bertz CT molecular complexity index is 2780. The van der Waals surface area contributed by atoms with Crippen molar-refractivity contribution < 1.29 is 33.1 Å². The fourth-order valence-electron chi connectivity index (χ4n) is 6.91. The smallest absolute Gasteiger partial charge is 0.269 e. The van der Waals surface area contributed by atoms with Crippen molar-refractivity contribution in [3.05, 3.63) is 145 Å². The number of fused-ring (bicyclic) bond motifs is 4. The molecule has 0 aliphatic carbocycles. The van der Waals surface area contributed by atoms with E-state index in [1.165, 1.54) is 11.1 Å². The minimum absolute atomic E-state index is 0. The predicted octanol–water partition coefficient (Wildman–Crippen LogP) is 11.2. The number of pyridine rings is 2. The second kappa shape index (κ2) is 14.2. The first-order chi connectivity index (χ1) is 26.4. The van der Waals surface area contributed by atoms with Gasteiger partial charge in [-0.3, -0.25) is 14.1 Å². The Labute approximate surface area is 341 Å². The van der Waals surface area contributed by atoms with E-state index in [1.807, 2.05) is 72.5 Å². The number of benzene rings is 4. The molecule has 0 saturated heterocycles. The monoisotopic (exact) mass is 906 g/mol. The predicted molar refractivity (Wildman–Crippen MR) is 218 cm³/mol. The topological polar surface area (TPSA) is 48.8 Å². The van der Waals surface area contributed by atoms with Crippen LogP contribution in [-0.4, -0.2) is 19.1 Å². The largest absolute Gasteiger partial charge is 0.522 e. The molecule has 55 heavy (non-hydrogen) atoms. The fraction of sp³-hybridized carbons (Fsp3) is 0.271. The van der Waals surface area contributed by atoms with Crippen molar-refractivity contribution in [3.8, 4) is 28.8 Å². The summed E-state index contributed by atoms with van der Waals surface area (Å²) in [4.78, 5) is 9.54. The van der Waals surface area contributed by atoms with E-state index in [-0.39, 0.29) is 31.9 Å². The van der Waals surface area contributed by atoms with Crippen molar-refractivity contribution in [3.63, 3.8) is 0 Å². The molecule has 6 nitrogen and oxygen atoms in total. The van der Waals surface area contributed by atoms with Crippen LogP contribution in [0.15, 0.2) is 109 Å². The van der Waals surface area contributed by atoms with Gasteiger partial charge in [-0.2, -0.15) is 18.2 Å². The molecule has 282 valence electrons. The van der Waals surface area contributed by atoms with E-state index in [4.69, 9.17) is 17.4 Å². The van der Waals surface area contributed by atoms with Crippen molar-refractivity contribution >= 4 is 32.8 Å². The van der Waals surface area contributed by atoms with Gasteiger partial charge in [0.1, 0.15) is 5.82 Å². The van der Waals surface area contributed by atoms with Gasteiger partial charge in [-0.1, -0.05) is 122 Å². The summed E-state index contributed by atoms with van der Waals surface area (Å²) in [5, 5.41) is 2.17. The summed E-state index contributed by atoms with van der Waals surface area (Å²) < 4.78 is 30.5. The Morgan fingerprint density at radius 2 is 1.42 bits per heavy atom. The molecule has 4 heterocycles. The molecule has 4 aromatic carbocycles. The summed E-state index contributed by atoms with van der Waals surface area (Å²) in [6.07, 6.45) is 5.57. The number of rotatable bonds is 6. The van der Waals surface area contributed by atoms with Gasteiger partial charge in [-0.15, -0.1) is 17.5 Å². The molecule has 0 unspecified atom stereocenters. The maximum atomic E-state index is 8.98. The molecule has 4 aromatic heterocycles. The zero-order valence-corrected chi connectivity index (χ0v) is 35.1. The Morgan fingerprint density at radius 3 is 2.18 bits per heavy atom. The number of imidazole rings is 1. The van der Waals surface area contributed by atoms with Crippen LogP contribution in [0, 0.1) is 23.9 Å². The van der Waals surface area contributed by atoms with Crippen LogP contribution < -0.4 is 9.30 Å². The molecule has 0 radical (unpaired) electrons. The molecule has 0 atom stereocenters. The number of ether oxygens (including phenoxy) is 1. The minimum atomic E-state index is -1.55. The molecule has 0 aliphatic rings. The summed E-state index contributed by atoms with van der Waals surface area (Å²) in [5.41, 5.74) is 6.78. The maximum Gasteiger partial charge on any atom is 0.269 e. The maximum absolute atomic E-state index is 8.98. The van der Waals surface area contributed by atoms with Crippen LogP contribution in [0.1, 0.15) is 81.7 Å². The van der Waals surface area contributed by atoms with E-state index in [1.54, 1.807) is 12.3 Å². The zero-order chi connectivity index (χ0) is 39.8. The molecule has 8 rings (SSSR count). The second-order valence-corrected chi connectivity index (χ2v) is 17.1. The third-order valence-electron chi connectivity index (χ3n) is 9.63. The SMILES string of the molecule is [2H]C([2H])(c1cccc(-[n+]2[c-]n(-c3[c-]c(Oc4[c-]c5c(cc4)c4ccccc4n5-c4cc(C(C)(C)C)ccn4)ccn3)c3ccc(C(C)(C)C)cc32)c1)C(C)(C)C.[Pt].